The van der Waals surface area contributed by atoms with Crippen molar-refractivity contribution in [2.24, 2.45) is 0 Å². The Balaban J connectivity index is 2.04. The minimum absolute atomic E-state index is 0.0362. The average molecular weight is 464 g/mol. The number of anilines is 1. The summed E-state index contributed by atoms with van der Waals surface area (Å²) in [4.78, 5) is 25.8. The number of thioether (sulfide) groups is 1. The zero-order valence-corrected chi connectivity index (χ0v) is 19.9. The summed E-state index contributed by atoms with van der Waals surface area (Å²) in [6.45, 7) is 7.22. The Labute approximate surface area is 193 Å². The average Bonchev–Trinajstić information content (AvgIpc) is 2.70. The Morgan fingerprint density at radius 3 is 2.48 bits per heavy atom. The Hall–Kier alpha value is -2.18. The number of carboxylic acids is 1. The molecule has 2 aromatic carbocycles. The van der Waals surface area contributed by atoms with Crippen LogP contribution in [0, 0.1) is 0 Å². The molecule has 0 bridgehead atoms. The highest BCUT2D eigenvalue weighted by Crippen LogP contribution is 2.34. The lowest BCUT2D eigenvalue weighted by molar-refractivity contribution is -0.136. The molecule has 7 heteroatoms. The maximum absolute atomic E-state index is 11.8. The lowest BCUT2D eigenvalue weighted by Gasteiger charge is -2.27. The normalized spacial score (nSPS) is 10.8. The van der Waals surface area contributed by atoms with Gasteiger partial charge in [0.05, 0.1) is 17.0 Å². The van der Waals surface area contributed by atoms with Crippen LogP contribution in [0.3, 0.4) is 0 Å². The van der Waals surface area contributed by atoms with Gasteiger partial charge < -0.3 is 15.1 Å². The van der Waals surface area contributed by atoms with Crippen LogP contribution < -0.4 is 4.90 Å². The van der Waals surface area contributed by atoms with Crippen molar-refractivity contribution in [3.05, 3.63) is 52.0 Å². The number of carboxylic acid groups (broad SMARTS) is 1. The van der Waals surface area contributed by atoms with Crippen LogP contribution in [-0.4, -0.2) is 40.8 Å². The second-order valence-corrected chi connectivity index (χ2v) is 8.93. The smallest absolute Gasteiger partial charge is 0.307 e. The molecule has 2 aromatic rings. The van der Waals surface area contributed by atoms with Crippen molar-refractivity contribution in [2.45, 2.75) is 51.3 Å². The van der Waals surface area contributed by atoms with E-state index in [1.807, 2.05) is 12.1 Å². The molecule has 0 heterocycles. The number of nitrogens with zero attached hydrogens (tertiary/aromatic N) is 1. The van der Waals surface area contributed by atoms with Crippen LogP contribution in [0.1, 0.15) is 55.1 Å². The van der Waals surface area contributed by atoms with Gasteiger partial charge in [-0.25, -0.2) is 0 Å². The molecule has 0 aliphatic carbocycles. The SMILES string of the molecule is CCCc1c(N(CC)CCCSc2ccc(CC(=O)O)cc2Cl)ccc(C(C)=O)c1O. The Kier molecular flexibility index (Phi) is 9.72. The molecule has 0 aliphatic heterocycles. The first-order valence-electron chi connectivity index (χ1n) is 10.5. The van der Waals surface area contributed by atoms with Gasteiger partial charge in [0.25, 0.3) is 0 Å². The standard InChI is InChI=1S/C24H30ClNO4S/c1-4-7-19-21(10-9-18(16(3)27)24(19)30)26(5-2)12-6-13-31-22-11-8-17(14-20(22)25)15-23(28)29/h8-11,14,30H,4-7,12-13,15H2,1-3H3,(H,28,29). The summed E-state index contributed by atoms with van der Waals surface area (Å²) in [5, 5.41) is 20.1. The Bertz CT molecular complexity index is 932. The maximum atomic E-state index is 11.8. The molecule has 0 atom stereocenters. The molecule has 168 valence electrons. The van der Waals surface area contributed by atoms with Crippen molar-refractivity contribution >= 4 is 40.8 Å². The zero-order valence-electron chi connectivity index (χ0n) is 18.3. The van der Waals surface area contributed by atoms with Gasteiger partial charge >= 0.3 is 5.97 Å². The minimum Gasteiger partial charge on any atom is -0.507 e. The van der Waals surface area contributed by atoms with Gasteiger partial charge in [-0.05, 0) is 62.3 Å². The van der Waals surface area contributed by atoms with Crippen molar-refractivity contribution in [3.63, 3.8) is 0 Å². The van der Waals surface area contributed by atoms with Crippen LogP contribution in [0.2, 0.25) is 5.02 Å². The molecule has 0 amide bonds. The number of hydrogen-bond acceptors (Lipinski definition) is 5. The number of carbonyl (C=O) groups is 2. The monoisotopic (exact) mass is 463 g/mol. The number of hydrogen-bond donors (Lipinski definition) is 2. The number of rotatable bonds is 12. The number of Topliss-reactive ketones (excluding diaryl/α,β-unsaturated/α-hetero) is 1. The fourth-order valence-electron chi connectivity index (χ4n) is 3.53. The number of phenolic OH excluding ortho intramolecular Hbond substituents is 1. The predicted molar refractivity (Wildman–Crippen MR) is 128 cm³/mol. The molecular weight excluding hydrogens is 434 g/mol. The topological polar surface area (TPSA) is 77.8 Å². The lowest BCUT2D eigenvalue weighted by Crippen LogP contribution is -2.25. The van der Waals surface area contributed by atoms with Crippen LogP contribution >= 0.6 is 23.4 Å². The molecule has 0 radical (unpaired) electrons. The van der Waals surface area contributed by atoms with Gasteiger partial charge in [-0.2, -0.15) is 0 Å². The fourth-order valence-corrected chi connectivity index (χ4v) is 4.76. The summed E-state index contributed by atoms with van der Waals surface area (Å²) in [6, 6.07) is 9.04. The second kappa shape index (κ2) is 12.0. The van der Waals surface area contributed by atoms with Gasteiger partial charge in [0.15, 0.2) is 5.78 Å². The lowest BCUT2D eigenvalue weighted by atomic mass is 9.99. The number of phenols is 1. The van der Waals surface area contributed by atoms with E-state index in [2.05, 4.69) is 18.7 Å². The zero-order chi connectivity index (χ0) is 23.0. The highest BCUT2D eigenvalue weighted by atomic mass is 35.5. The molecule has 0 aromatic heterocycles. The largest absolute Gasteiger partial charge is 0.507 e. The summed E-state index contributed by atoms with van der Waals surface area (Å²) >= 11 is 7.96. The Morgan fingerprint density at radius 2 is 1.90 bits per heavy atom. The molecule has 2 rings (SSSR count). The number of halogens is 1. The van der Waals surface area contributed by atoms with E-state index in [1.165, 1.54) is 6.92 Å². The quantitative estimate of drug-likeness (QED) is 0.234. The summed E-state index contributed by atoms with van der Waals surface area (Å²) in [7, 11) is 0. The van der Waals surface area contributed by atoms with E-state index in [1.54, 1.807) is 30.0 Å². The van der Waals surface area contributed by atoms with E-state index in [0.717, 1.165) is 47.8 Å². The first-order valence-corrected chi connectivity index (χ1v) is 11.9. The number of ketones is 1. The molecule has 31 heavy (non-hydrogen) atoms. The molecule has 0 aliphatic rings. The van der Waals surface area contributed by atoms with Gasteiger partial charge in [-0.1, -0.05) is 31.0 Å². The molecule has 0 spiro atoms. The van der Waals surface area contributed by atoms with Crippen molar-refractivity contribution < 1.29 is 19.8 Å². The highest BCUT2D eigenvalue weighted by Gasteiger charge is 2.18. The molecule has 0 saturated heterocycles. The van der Waals surface area contributed by atoms with Crippen molar-refractivity contribution in [1.29, 1.82) is 0 Å². The van der Waals surface area contributed by atoms with E-state index in [4.69, 9.17) is 16.7 Å². The van der Waals surface area contributed by atoms with E-state index < -0.39 is 5.97 Å². The molecule has 2 N–H and O–H groups in total. The van der Waals surface area contributed by atoms with Gasteiger partial charge in [-0.3, -0.25) is 9.59 Å². The Morgan fingerprint density at radius 1 is 1.16 bits per heavy atom. The highest BCUT2D eigenvalue weighted by molar-refractivity contribution is 7.99. The molecule has 0 unspecified atom stereocenters. The van der Waals surface area contributed by atoms with Gasteiger partial charge in [0, 0.05) is 29.2 Å². The summed E-state index contributed by atoms with van der Waals surface area (Å²) in [6.07, 6.45) is 2.47. The van der Waals surface area contributed by atoms with E-state index >= 15 is 0 Å². The van der Waals surface area contributed by atoms with E-state index in [-0.39, 0.29) is 18.0 Å². The van der Waals surface area contributed by atoms with Crippen LogP contribution in [-0.2, 0) is 17.6 Å². The van der Waals surface area contributed by atoms with E-state index in [0.29, 0.717) is 22.6 Å². The van der Waals surface area contributed by atoms with Crippen LogP contribution in [0.15, 0.2) is 35.2 Å². The number of aromatic hydroxyl groups is 1. The third-order valence-electron chi connectivity index (χ3n) is 5.04. The third kappa shape index (κ3) is 6.91. The fraction of sp³-hybridized carbons (Fsp3) is 0.417. The molecule has 5 nitrogen and oxygen atoms in total. The number of carbonyl (C=O) groups excluding carboxylic acids is 1. The van der Waals surface area contributed by atoms with Crippen molar-refractivity contribution in [1.82, 2.24) is 0 Å². The summed E-state index contributed by atoms with van der Waals surface area (Å²) < 4.78 is 0. The predicted octanol–water partition coefficient (Wildman–Crippen LogP) is 5.84. The van der Waals surface area contributed by atoms with Gasteiger partial charge in [-0.15, -0.1) is 11.8 Å². The van der Waals surface area contributed by atoms with Gasteiger partial charge in [0.1, 0.15) is 5.75 Å². The summed E-state index contributed by atoms with van der Waals surface area (Å²) in [5.74, 6) is -0.0456. The number of benzene rings is 2. The van der Waals surface area contributed by atoms with Crippen molar-refractivity contribution in [2.75, 3.05) is 23.7 Å². The van der Waals surface area contributed by atoms with Crippen LogP contribution in [0.4, 0.5) is 5.69 Å². The summed E-state index contributed by atoms with van der Waals surface area (Å²) in [5.41, 5.74) is 2.88. The maximum Gasteiger partial charge on any atom is 0.307 e. The van der Waals surface area contributed by atoms with Crippen LogP contribution in [0.5, 0.6) is 5.75 Å². The first kappa shape index (κ1) is 25.1. The van der Waals surface area contributed by atoms with Gasteiger partial charge in [0.2, 0.25) is 0 Å². The van der Waals surface area contributed by atoms with Crippen LogP contribution in [0.25, 0.3) is 0 Å². The third-order valence-corrected chi connectivity index (χ3v) is 6.63. The first-order chi connectivity index (χ1) is 14.8. The minimum atomic E-state index is -0.874. The molecule has 0 saturated carbocycles. The van der Waals surface area contributed by atoms with E-state index in [9.17, 15) is 14.7 Å². The number of aliphatic carboxylic acids is 1. The molecular formula is C24H30ClNO4S. The molecule has 0 fully saturated rings. The van der Waals surface area contributed by atoms with Crippen molar-refractivity contribution in [3.8, 4) is 5.75 Å². The second-order valence-electron chi connectivity index (χ2n) is 7.38.